The fourth-order valence-electron chi connectivity index (χ4n) is 2.59. The molecule has 1 atom stereocenters. The number of nitrogens with zero attached hydrogens (tertiary/aromatic N) is 3. The van der Waals surface area contributed by atoms with E-state index < -0.39 is 40.3 Å². The maximum atomic E-state index is 13.7. The van der Waals surface area contributed by atoms with Crippen molar-refractivity contribution in [1.82, 2.24) is 14.4 Å². The summed E-state index contributed by atoms with van der Waals surface area (Å²) < 4.78 is 62.7. The largest absolute Gasteiger partial charge is 0.452 e. The third-order valence-corrected chi connectivity index (χ3v) is 6.22. The van der Waals surface area contributed by atoms with Crippen molar-refractivity contribution in [3.05, 3.63) is 65.6 Å². The number of carbonyl (C=O) groups is 1. The number of rotatable bonds is 7. The zero-order valence-electron chi connectivity index (χ0n) is 16.9. The minimum absolute atomic E-state index is 0.0339. The zero-order valence-corrected chi connectivity index (χ0v) is 17.7. The highest BCUT2D eigenvalue weighted by Crippen LogP contribution is 2.23. The van der Waals surface area contributed by atoms with Crippen LogP contribution < -0.4 is 0 Å². The summed E-state index contributed by atoms with van der Waals surface area (Å²) >= 11 is 0. The maximum absolute atomic E-state index is 13.7. The van der Waals surface area contributed by atoms with E-state index in [2.05, 4.69) is 10.1 Å². The van der Waals surface area contributed by atoms with Gasteiger partial charge in [-0.25, -0.2) is 17.2 Å². The smallest absolute Gasteiger partial charge is 0.322 e. The first-order valence-corrected chi connectivity index (χ1v) is 10.5. The summed E-state index contributed by atoms with van der Waals surface area (Å²) in [4.78, 5) is 16.1. The van der Waals surface area contributed by atoms with Crippen LogP contribution >= 0.6 is 0 Å². The van der Waals surface area contributed by atoms with E-state index in [0.717, 1.165) is 28.6 Å². The molecule has 31 heavy (non-hydrogen) atoms. The van der Waals surface area contributed by atoms with Crippen molar-refractivity contribution in [2.45, 2.75) is 24.8 Å². The zero-order chi connectivity index (χ0) is 22.8. The lowest BCUT2D eigenvalue weighted by Gasteiger charge is -2.17. The molecule has 0 aliphatic heterocycles. The molecule has 0 radical (unpaired) electrons. The van der Waals surface area contributed by atoms with Crippen LogP contribution in [0.15, 0.2) is 51.9 Å². The Morgan fingerprint density at radius 2 is 1.87 bits per heavy atom. The number of carbonyl (C=O) groups excluding carboxylic acids is 1. The topological polar surface area (TPSA) is 103 Å². The number of halogens is 2. The van der Waals surface area contributed by atoms with Gasteiger partial charge in [-0.1, -0.05) is 17.3 Å². The molecule has 3 aromatic rings. The molecule has 0 spiro atoms. The molecule has 0 bridgehead atoms. The second kappa shape index (κ2) is 8.90. The standard InChI is InChI=1S/C20H19F2N3O5S/c1-12-4-5-14(10-17(12)22)19-23-20(30-24-19)13(2)29-18(26)11-25(3)31(27,28)16-8-6-15(21)7-9-16/h4-10,13H,11H2,1-3H3. The summed E-state index contributed by atoms with van der Waals surface area (Å²) in [6.45, 7) is 2.50. The van der Waals surface area contributed by atoms with Crippen LogP contribution in [-0.2, 0) is 19.6 Å². The fourth-order valence-corrected chi connectivity index (χ4v) is 3.70. The average Bonchev–Trinajstić information content (AvgIpc) is 3.20. The first kappa shape index (κ1) is 22.5. The summed E-state index contributed by atoms with van der Waals surface area (Å²) in [6.07, 6.45) is -0.967. The van der Waals surface area contributed by atoms with Gasteiger partial charge in [-0.15, -0.1) is 0 Å². The summed E-state index contributed by atoms with van der Waals surface area (Å²) in [7, 11) is -2.82. The van der Waals surface area contributed by atoms with Crippen molar-refractivity contribution >= 4 is 16.0 Å². The van der Waals surface area contributed by atoms with Gasteiger partial charge in [0.15, 0.2) is 6.10 Å². The van der Waals surface area contributed by atoms with Crippen LogP contribution in [-0.4, -0.2) is 42.4 Å². The molecular weight excluding hydrogens is 432 g/mol. The Balaban J connectivity index is 1.64. The van der Waals surface area contributed by atoms with Crippen molar-refractivity contribution in [2.75, 3.05) is 13.6 Å². The minimum atomic E-state index is -4.01. The molecule has 11 heteroatoms. The van der Waals surface area contributed by atoms with E-state index in [1.165, 1.54) is 20.0 Å². The molecule has 1 heterocycles. The van der Waals surface area contributed by atoms with E-state index >= 15 is 0 Å². The highest BCUT2D eigenvalue weighted by molar-refractivity contribution is 7.89. The third-order valence-electron chi connectivity index (χ3n) is 4.40. The Kier molecular flexibility index (Phi) is 6.46. The monoisotopic (exact) mass is 451 g/mol. The molecule has 1 unspecified atom stereocenters. The molecule has 3 rings (SSSR count). The molecule has 0 aliphatic rings. The normalized spacial score (nSPS) is 12.7. The highest BCUT2D eigenvalue weighted by atomic mass is 32.2. The Morgan fingerprint density at radius 3 is 2.52 bits per heavy atom. The van der Waals surface area contributed by atoms with E-state index in [9.17, 15) is 22.0 Å². The molecular formula is C20H19F2N3O5S. The molecule has 0 saturated carbocycles. The predicted molar refractivity (Wildman–Crippen MR) is 105 cm³/mol. The van der Waals surface area contributed by atoms with Gasteiger partial charge in [-0.3, -0.25) is 4.79 Å². The number of hydrogen-bond donors (Lipinski definition) is 0. The van der Waals surface area contributed by atoms with Gasteiger partial charge in [-0.2, -0.15) is 9.29 Å². The van der Waals surface area contributed by atoms with Gasteiger partial charge >= 0.3 is 5.97 Å². The van der Waals surface area contributed by atoms with Crippen molar-refractivity contribution in [2.24, 2.45) is 0 Å². The Bertz CT molecular complexity index is 1200. The lowest BCUT2D eigenvalue weighted by molar-refractivity contribution is -0.149. The van der Waals surface area contributed by atoms with Gasteiger partial charge in [0.2, 0.25) is 15.8 Å². The maximum Gasteiger partial charge on any atom is 0.322 e. The number of benzene rings is 2. The van der Waals surface area contributed by atoms with Crippen molar-refractivity contribution in [3.63, 3.8) is 0 Å². The Labute approximate surface area is 177 Å². The number of esters is 1. The number of ether oxygens (including phenoxy) is 1. The van der Waals surface area contributed by atoms with Crippen molar-refractivity contribution < 1.29 is 31.3 Å². The van der Waals surface area contributed by atoms with Crippen LogP contribution in [0, 0.1) is 18.6 Å². The summed E-state index contributed by atoms with van der Waals surface area (Å²) in [5.41, 5.74) is 0.858. The molecule has 164 valence electrons. The number of sulfonamides is 1. The van der Waals surface area contributed by atoms with Gasteiger partial charge in [0.1, 0.15) is 18.2 Å². The van der Waals surface area contributed by atoms with E-state index in [-0.39, 0.29) is 16.6 Å². The molecule has 0 saturated heterocycles. The van der Waals surface area contributed by atoms with Gasteiger partial charge in [-0.05, 0) is 49.7 Å². The van der Waals surface area contributed by atoms with Crippen LogP contribution in [0.1, 0.15) is 24.5 Å². The Hall–Kier alpha value is -3.18. The van der Waals surface area contributed by atoms with Gasteiger partial charge in [0, 0.05) is 12.6 Å². The molecule has 0 amide bonds. The van der Waals surface area contributed by atoms with E-state index in [0.29, 0.717) is 11.1 Å². The lowest BCUT2D eigenvalue weighted by Crippen LogP contribution is -2.33. The van der Waals surface area contributed by atoms with Crippen molar-refractivity contribution in [3.8, 4) is 11.4 Å². The fraction of sp³-hybridized carbons (Fsp3) is 0.250. The van der Waals surface area contributed by atoms with Gasteiger partial charge in [0.25, 0.3) is 5.89 Å². The Morgan fingerprint density at radius 1 is 1.19 bits per heavy atom. The number of aryl methyl sites for hydroxylation is 1. The number of likely N-dealkylation sites (N-methyl/N-ethyl adjacent to an activating group) is 1. The third kappa shape index (κ3) is 5.12. The minimum Gasteiger partial charge on any atom is -0.452 e. The first-order valence-electron chi connectivity index (χ1n) is 9.09. The van der Waals surface area contributed by atoms with Crippen LogP contribution in [0.4, 0.5) is 8.78 Å². The first-order chi connectivity index (χ1) is 14.6. The second-order valence-corrected chi connectivity index (χ2v) is 8.81. The second-order valence-electron chi connectivity index (χ2n) is 6.77. The summed E-state index contributed by atoms with van der Waals surface area (Å²) in [6, 6.07) is 8.67. The summed E-state index contributed by atoms with van der Waals surface area (Å²) in [5.74, 6) is -1.78. The van der Waals surface area contributed by atoms with E-state index in [1.807, 2.05) is 0 Å². The van der Waals surface area contributed by atoms with Crippen LogP contribution in [0.2, 0.25) is 0 Å². The van der Waals surface area contributed by atoms with Crippen LogP contribution in [0.5, 0.6) is 0 Å². The SMILES string of the molecule is Cc1ccc(-c2noc(C(C)OC(=O)CN(C)S(=O)(=O)c3ccc(F)cc3)n2)cc1F. The predicted octanol–water partition coefficient (Wildman–Crippen LogP) is 3.25. The quantitative estimate of drug-likeness (QED) is 0.508. The number of aromatic nitrogens is 2. The summed E-state index contributed by atoms with van der Waals surface area (Å²) in [5, 5.41) is 3.75. The molecule has 0 fully saturated rings. The van der Waals surface area contributed by atoms with Gasteiger partial charge in [0.05, 0.1) is 4.90 Å². The van der Waals surface area contributed by atoms with E-state index in [4.69, 9.17) is 9.26 Å². The molecule has 2 aromatic carbocycles. The lowest BCUT2D eigenvalue weighted by atomic mass is 10.1. The van der Waals surface area contributed by atoms with Crippen molar-refractivity contribution in [1.29, 1.82) is 0 Å². The van der Waals surface area contributed by atoms with E-state index in [1.54, 1.807) is 19.1 Å². The average molecular weight is 451 g/mol. The highest BCUT2D eigenvalue weighted by Gasteiger charge is 2.26. The van der Waals surface area contributed by atoms with Crippen LogP contribution in [0.25, 0.3) is 11.4 Å². The molecule has 1 aromatic heterocycles. The molecule has 0 aliphatic carbocycles. The number of hydrogen-bond acceptors (Lipinski definition) is 7. The molecule has 0 N–H and O–H groups in total. The van der Waals surface area contributed by atoms with Crippen LogP contribution in [0.3, 0.4) is 0 Å². The molecule has 8 nitrogen and oxygen atoms in total. The van der Waals surface area contributed by atoms with Gasteiger partial charge < -0.3 is 9.26 Å².